The van der Waals surface area contributed by atoms with Gasteiger partial charge in [0.25, 0.3) is 0 Å². The molecule has 0 radical (unpaired) electrons. The van der Waals surface area contributed by atoms with Crippen LogP contribution in [0, 0.1) is 0 Å². The number of ether oxygens (including phenoxy) is 2. The van der Waals surface area contributed by atoms with Crippen molar-refractivity contribution in [3.05, 3.63) is 33.8 Å². The molecule has 5 amide bonds. The number of aliphatic carboxylic acids is 1. The van der Waals surface area contributed by atoms with E-state index in [9.17, 15) is 38.7 Å². The van der Waals surface area contributed by atoms with Crippen LogP contribution in [0.2, 0.25) is 10.0 Å². The summed E-state index contributed by atoms with van der Waals surface area (Å²) in [7, 11) is 1.08. The average molecular weight is 602 g/mol. The highest BCUT2D eigenvalue weighted by Gasteiger charge is 2.44. The summed E-state index contributed by atoms with van der Waals surface area (Å²) in [6.45, 7) is -1.01. The number of ketones is 1. The summed E-state index contributed by atoms with van der Waals surface area (Å²) in [4.78, 5) is 87.6. The molecule has 0 aromatic heterocycles. The first-order valence-corrected chi connectivity index (χ1v) is 12.6. The van der Waals surface area contributed by atoms with Gasteiger partial charge in [0.1, 0.15) is 12.1 Å². The Morgan fingerprint density at radius 1 is 1.12 bits per heavy atom. The number of carboxylic acid groups (broad SMARTS) is 1. The number of carboxylic acids is 1. The fourth-order valence-corrected chi connectivity index (χ4v) is 4.61. The van der Waals surface area contributed by atoms with Crippen molar-refractivity contribution in [1.82, 2.24) is 25.8 Å². The van der Waals surface area contributed by atoms with E-state index in [1.807, 2.05) is 0 Å². The second-order valence-corrected chi connectivity index (χ2v) is 9.42. The van der Waals surface area contributed by atoms with Gasteiger partial charge < -0.3 is 19.9 Å². The number of Topliss-reactive ketones (excluding diaryl/α,β-unsaturated/α-hetero) is 1. The molecule has 2 heterocycles. The maximum Gasteiger partial charge on any atom is 0.425 e. The zero-order chi connectivity index (χ0) is 29.6. The Hall–Kier alpha value is -4.11. The summed E-state index contributed by atoms with van der Waals surface area (Å²) in [5, 5.41) is 14.3. The van der Waals surface area contributed by atoms with Crippen LogP contribution in [0.3, 0.4) is 0 Å². The number of methoxy groups -OCH3 is 1. The summed E-state index contributed by atoms with van der Waals surface area (Å²) in [5.41, 5.74) is 1.98. The number of nitrogens with zero attached hydrogens (tertiary/aromatic N) is 3. The first-order valence-electron chi connectivity index (χ1n) is 11.9. The van der Waals surface area contributed by atoms with Crippen LogP contribution in [0.5, 0.6) is 0 Å². The zero-order valence-electron chi connectivity index (χ0n) is 21.1. The van der Waals surface area contributed by atoms with E-state index < -0.39 is 66.8 Å². The highest BCUT2D eigenvalue weighted by atomic mass is 35.5. The van der Waals surface area contributed by atoms with Gasteiger partial charge in [-0.15, -0.1) is 0 Å². The summed E-state index contributed by atoms with van der Waals surface area (Å²) in [6.07, 6.45) is -1.64. The van der Waals surface area contributed by atoms with Crippen molar-refractivity contribution in [3.8, 4) is 0 Å². The molecule has 3 N–H and O–H groups in total. The number of fused-ring (bicyclic) bond motifs is 1. The van der Waals surface area contributed by atoms with Gasteiger partial charge in [-0.3, -0.25) is 19.2 Å². The maximum atomic E-state index is 13.3. The van der Waals surface area contributed by atoms with Crippen LogP contribution in [-0.4, -0.2) is 101 Å². The molecule has 2 aliphatic rings. The number of urea groups is 1. The number of benzene rings is 1. The van der Waals surface area contributed by atoms with Crippen molar-refractivity contribution in [1.29, 1.82) is 0 Å². The smallest absolute Gasteiger partial charge is 0.425 e. The highest BCUT2D eigenvalue weighted by Crippen LogP contribution is 2.26. The van der Waals surface area contributed by atoms with Crippen LogP contribution in [0.15, 0.2) is 18.2 Å². The number of halogens is 2. The van der Waals surface area contributed by atoms with Crippen molar-refractivity contribution in [2.45, 2.75) is 37.8 Å². The molecule has 0 bridgehead atoms. The maximum absolute atomic E-state index is 13.3. The van der Waals surface area contributed by atoms with E-state index in [0.717, 1.165) is 22.1 Å². The van der Waals surface area contributed by atoms with Gasteiger partial charge in [-0.1, -0.05) is 29.3 Å². The summed E-state index contributed by atoms with van der Waals surface area (Å²) in [5.74, 6) is -4.89. The number of nitrogens with one attached hydrogen (secondary N) is 2. The molecule has 40 heavy (non-hydrogen) atoms. The molecule has 216 valence electrons. The standard InChI is InChI=1S/C23H25Cl2N5O10/c1-39-22(37)27-28-9-7-17(32)29-8-3-6-15(30(29)23(28)38)20(35)26-14(10-18(33)34)16(31)11-40-21(36)19-12(24)4-2-5-13(19)25/h2,4-5,14-15H,3,6-11H2,1H3,(H,26,35)(H,27,37)(H,33,34). The molecule has 0 spiro atoms. The summed E-state index contributed by atoms with van der Waals surface area (Å²) >= 11 is 11.9. The van der Waals surface area contributed by atoms with Crippen LogP contribution < -0.4 is 10.7 Å². The predicted molar refractivity (Wildman–Crippen MR) is 135 cm³/mol. The number of rotatable bonds is 9. The number of hydrazine groups is 2. The molecule has 0 aliphatic carbocycles. The Kier molecular flexibility index (Phi) is 10.1. The topological polar surface area (TPSA) is 192 Å². The fraction of sp³-hybridized carbons (Fsp3) is 0.435. The predicted octanol–water partition coefficient (Wildman–Crippen LogP) is 0.984. The van der Waals surface area contributed by atoms with E-state index in [1.165, 1.54) is 18.2 Å². The molecule has 2 atom stereocenters. The van der Waals surface area contributed by atoms with E-state index in [2.05, 4.69) is 15.5 Å². The van der Waals surface area contributed by atoms with Crippen molar-refractivity contribution in [2.24, 2.45) is 0 Å². The molecular weight excluding hydrogens is 577 g/mol. The molecule has 2 unspecified atom stereocenters. The average Bonchev–Trinajstić information content (AvgIpc) is 3.02. The normalized spacial score (nSPS) is 17.8. The van der Waals surface area contributed by atoms with Crippen molar-refractivity contribution in [3.63, 3.8) is 0 Å². The molecule has 1 aromatic rings. The quantitative estimate of drug-likeness (QED) is 0.343. The lowest BCUT2D eigenvalue weighted by atomic mass is 10.0. The molecule has 15 nitrogen and oxygen atoms in total. The molecule has 17 heteroatoms. The van der Waals surface area contributed by atoms with E-state index in [0.29, 0.717) is 6.42 Å². The lowest BCUT2D eigenvalue weighted by Crippen LogP contribution is -2.65. The van der Waals surface area contributed by atoms with Crippen molar-refractivity contribution >= 4 is 64.9 Å². The van der Waals surface area contributed by atoms with E-state index >= 15 is 0 Å². The van der Waals surface area contributed by atoms with Crippen LogP contribution in [0.25, 0.3) is 0 Å². The monoisotopic (exact) mass is 601 g/mol. The lowest BCUT2D eigenvalue weighted by molar-refractivity contribution is -0.155. The molecule has 0 saturated carbocycles. The molecule has 2 fully saturated rings. The Morgan fingerprint density at radius 2 is 1.80 bits per heavy atom. The number of esters is 1. The first-order chi connectivity index (χ1) is 18.9. The van der Waals surface area contributed by atoms with Gasteiger partial charge in [-0.25, -0.2) is 34.8 Å². The minimum absolute atomic E-state index is 0.0328. The number of hydrogen-bond acceptors (Lipinski definition) is 9. The van der Waals surface area contributed by atoms with Crippen molar-refractivity contribution in [2.75, 3.05) is 26.8 Å². The number of carbonyl (C=O) groups excluding carboxylic acids is 6. The Labute approximate surface area is 237 Å². The van der Waals surface area contributed by atoms with Gasteiger partial charge in [0, 0.05) is 13.0 Å². The highest BCUT2D eigenvalue weighted by molar-refractivity contribution is 6.39. The third-order valence-electron chi connectivity index (χ3n) is 5.98. The molecule has 1 aromatic carbocycles. The third-order valence-corrected chi connectivity index (χ3v) is 6.61. The van der Waals surface area contributed by atoms with Gasteiger partial charge in [-0.05, 0) is 25.0 Å². The first kappa shape index (κ1) is 30.4. The Bertz CT molecular complexity index is 1210. The van der Waals surface area contributed by atoms with E-state index in [-0.39, 0.29) is 41.5 Å². The lowest BCUT2D eigenvalue weighted by Gasteiger charge is -2.42. The number of hydrogen-bond donors (Lipinski definition) is 3. The van der Waals surface area contributed by atoms with Gasteiger partial charge in [0.15, 0.2) is 12.4 Å². The third kappa shape index (κ3) is 7.09. The van der Waals surface area contributed by atoms with Gasteiger partial charge >= 0.3 is 24.1 Å². The van der Waals surface area contributed by atoms with Crippen molar-refractivity contribution < 1.29 is 48.1 Å². The van der Waals surface area contributed by atoms with Gasteiger partial charge in [0.05, 0.1) is 35.7 Å². The van der Waals surface area contributed by atoms with Gasteiger partial charge in [0.2, 0.25) is 11.8 Å². The Balaban J connectivity index is 1.76. The molecule has 2 aliphatic heterocycles. The number of carbonyl (C=O) groups is 7. The van der Waals surface area contributed by atoms with Crippen LogP contribution in [-0.2, 0) is 28.7 Å². The van der Waals surface area contributed by atoms with Crippen LogP contribution in [0.4, 0.5) is 9.59 Å². The van der Waals surface area contributed by atoms with Crippen LogP contribution in [0.1, 0.15) is 36.0 Å². The summed E-state index contributed by atoms with van der Waals surface area (Å²) < 4.78 is 9.45. The SMILES string of the molecule is COC(=O)NN1CCC(=O)N2CCCC(C(=O)NC(CC(=O)O)C(=O)COC(=O)c3c(Cl)cccc3Cl)N2C1=O. The van der Waals surface area contributed by atoms with Crippen LogP contribution >= 0.6 is 23.2 Å². The largest absolute Gasteiger partial charge is 0.481 e. The summed E-state index contributed by atoms with van der Waals surface area (Å²) in [6, 6.07) is 0.344. The van der Waals surface area contributed by atoms with E-state index in [4.69, 9.17) is 27.9 Å². The second kappa shape index (κ2) is 13.3. The van der Waals surface area contributed by atoms with Gasteiger partial charge in [-0.2, -0.15) is 0 Å². The molecule has 3 rings (SSSR count). The Morgan fingerprint density at radius 3 is 2.42 bits per heavy atom. The minimum Gasteiger partial charge on any atom is -0.481 e. The fourth-order valence-electron chi connectivity index (χ4n) is 4.06. The second-order valence-electron chi connectivity index (χ2n) is 8.61. The zero-order valence-corrected chi connectivity index (χ0v) is 22.6. The number of amides is 5. The molecular formula is C23H25Cl2N5O10. The van der Waals surface area contributed by atoms with E-state index in [1.54, 1.807) is 0 Å². The minimum atomic E-state index is -1.66. The molecule has 2 saturated heterocycles.